The van der Waals surface area contributed by atoms with Crippen LogP contribution in [-0.4, -0.2) is 14.1 Å². The Morgan fingerprint density at radius 2 is 1.93 bits per heavy atom. The first-order chi connectivity index (χ1) is 6.42. The fraction of sp³-hybridized carbons (Fsp3) is 0.250. The third-order valence-corrected chi connectivity index (χ3v) is 2.06. The Kier molecular flexibility index (Phi) is 6.86. The molecule has 0 saturated heterocycles. The molecule has 0 fully saturated rings. The predicted octanol–water partition coefficient (Wildman–Crippen LogP) is 0.282. The van der Waals surface area contributed by atoms with Crippen LogP contribution < -0.4 is 56.1 Å². The molecule has 0 heterocycles. The fourth-order valence-corrected chi connectivity index (χ4v) is 1.32. The Hall–Kier alpha value is 0.801. The summed E-state index contributed by atoms with van der Waals surface area (Å²) in [5, 5.41) is 0.0866. The van der Waals surface area contributed by atoms with Crippen molar-refractivity contribution >= 4 is 18.6 Å². The average molecular weight is 263 g/mol. The molecule has 0 bridgehead atoms. The van der Waals surface area contributed by atoms with Crippen LogP contribution in [0.15, 0.2) is 18.2 Å². The van der Waals surface area contributed by atoms with Gasteiger partial charge in [0.15, 0.2) is 0 Å². The van der Waals surface area contributed by atoms with Gasteiger partial charge in [0.1, 0.15) is 5.75 Å². The Labute approximate surface area is 134 Å². The SMILES string of the molecule is COc1ccc(C[B-](F)(F)F)c(Cl)c1.[K+]. The molecular weight excluding hydrogens is 254 g/mol. The number of halogens is 4. The number of ether oxygens (including phenoxy) is 1. The molecule has 1 aromatic rings. The molecular formula is C8H8BClF3KO. The van der Waals surface area contributed by atoms with E-state index in [2.05, 4.69) is 0 Å². The molecule has 1 rings (SSSR count). The summed E-state index contributed by atoms with van der Waals surface area (Å²) in [5.41, 5.74) is 0.0833. The second kappa shape index (κ2) is 6.52. The normalized spacial score (nSPS) is 10.7. The van der Waals surface area contributed by atoms with Gasteiger partial charge in [-0.1, -0.05) is 29.6 Å². The Balaban J connectivity index is 0.00000196. The third-order valence-electron chi connectivity index (χ3n) is 1.71. The molecule has 15 heavy (non-hydrogen) atoms. The first kappa shape index (κ1) is 15.8. The van der Waals surface area contributed by atoms with E-state index in [-0.39, 0.29) is 62.0 Å². The zero-order valence-corrected chi connectivity index (χ0v) is 12.3. The average Bonchev–Trinajstić information content (AvgIpc) is 2.06. The van der Waals surface area contributed by atoms with E-state index >= 15 is 0 Å². The van der Waals surface area contributed by atoms with Crippen LogP contribution in [-0.2, 0) is 6.32 Å². The van der Waals surface area contributed by atoms with Gasteiger partial charge in [-0.15, -0.1) is 0 Å². The van der Waals surface area contributed by atoms with Crippen LogP contribution in [0.2, 0.25) is 5.02 Å². The minimum absolute atomic E-state index is 0. The van der Waals surface area contributed by atoms with Gasteiger partial charge in [-0.2, -0.15) is 0 Å². The predicted molar refractivity (Wildman–Crippen MR) is 50.8 cm³/mol. The number of benzene rings is 1. The first-order valence-corrected chi connectivity index (χ1v) is 4.33. The second-order valence-corrected chi connectivity index (χ2v) is 3.28. The van der Waals surface area contributed by atoms with Gasteiger partial charge < -0.3 is 17.7 Å². The summed E-state index contributed by atoms with van der Waals surface area (Å²) in [5.74, 6) is 0.452. The topological polar surface area (TPSA) is 9.23 Å². The van der Waals surface area contributed by atoms with Gasteiger partial charge >= 0.3 is 58.4 Å². The number of rotatable bonds is 3. The molecule has 0 unspecified atom stereocenters. The van der Waals surface area contributed by atoms with E-state index in [9.17, 15) is 12.9 Å². The molecule has 0 atom stereocenters. The monoisotopic (exact) mass is 262 g/mol. The van der Waals surface area contributed by atoms with E-state index in [1.54, 1.807) is 0 Å². The van der Waals surface area contributed by atoms with Crippen molar-refractivity contribution in [2.45, 2.75) is 6.32 Å². The van der Waals surface area contributed by atoms with Crippen LogP contribution in [0.5, 0.6) is 5.75 Å². The molecule has 7 heteroatoms. The summed E-state index contributed by atoms with van der Waals surface area (Å²) in [6.07, 6.45) is -0.956. The zero-order chi connectivity index (χ0) is 10.8. The Morgan fingerprint density at radius 1 is 1.33 bits per heavy atom. The van der Waals surface area contributed by atoms with Crippen LogP contribution >= 0.6 is 11.6 Å². The summed E-state index contributed by atoms with van der Waals surface area (Å²) in [6, 6.07) is 4.16. The second-order valence-electron chi connectivity index (χ2n) is 2.87. The van der Waals surface area contributed by atoms with Gasteiger partial charge in [-0.3, -0.25) is 0 Å². The van der Waals surface area contributed by atoms with Crippen molar-refractivity contribution in [3.8, 4) is 5.75 Å². The van der Waals surface area contributed by atoms with Crippen molar-refractivity contribution in [1.82, 2.24) is 0 Å². The van der Waals surface area contributed by atoms with Gasteiger partial charge in [0, 0.05) is 5.02 Å². The van der Waals surface area contributed by atoms with Crippen LogP contribution in [0.1, 0.15) is 5.56 Å². The summed E-state index contributed by atoms with van der Waals surface area (Å²) in [4.78, 5) is 0. The molecule has 0 aliphatic rings. The smallest absolute Gasteiger partial charge is 0.497 e. The van der Waals surface area contributed by atoms with Crippen molar-refractivity contribution in [3.05, 3.63) is 28.8 Å². The van der Waals surface area contributed by atoms with Crippen LogP contribution in [0.25, 0.3) is 0 Å². The largest absolute Gasteiger partial charge is 1.00 e. The Bertz CT molecular complexity index is 332. The number of methoxy groups -OCH3 is 1. The van der Waals surface area contributed by atoms with Gasteiger partial charge in [0.05, 0.1) is 7.11 Å². The van der Waals surface area contributed by atoms with Gasteiger partial charge in [-0.05, 0) is 12.1 Å². The Morgan fingerprint density at radius 3 is 2.33 bits per heavy atom. The van der Waals surface area contributed by atoms with Crippen molar-refractivity contribution in [2.24, 2.45) is 0 Å². The van der Waals surface area contributed by atoms with E-state index < -0.39 is 13.3 Å². The summed E-state index contributed by atoms with van der Waals surface area (Å²) < 4.78 is 41.0. The zero-order valence-electron chi connectivity index (χ0n) is 8.44. The molecule has 1 nitrogen and oxygen atoms in total. The van der Waals surface area contributed by atoms with Gasteiger partial charge in [0.25, 0.3) is 0 Å². The molecule has 1 aromatic carbocycles. The molecule has 0 aromatic heterocycles. The van der Waals surface area contributed by atoms with Crippen molar-refractivity contribution in [1.29, 1.82) is 0 Å². The molecule has 0 aliphatic carbocycles. The van der Waals surface area contributed by atoms with E-state index in [4.69, 9.17) is 16.3 Å². The molecule has 0 aliphatic heterocycles. The van der Waals surface area contributed by atoms with Gasteiger partial charge in [0.2, 0.25) is 0 Å². The maximum atomic E-state index is 12.1. The standard InChI is InChI=1S/C8H8BClF3O.K/c1-14-7-3-2-6(8(10)4-7)5-9(11,12)13;/h2-4H,5H2,1H3;/q-1;+1. The molecule has 0 saturated carbocycles. The number of hydrogen-bond acceptors (Lipinski definition) is 1. The molecule has 0 spiro atoms. The first-order valence-electron chi connectivity index (χ1n) is 3.96. The van der Waals surface area contributed by atoms with E-state index in [1.165, 1.54) is 25.3 Å². The van der Waals surface area contributed by atoms with E-state index in [0.717, 1.165) is 0 Å². The van der Waals surface area contributed by atoms with E-state index in [1.807, 2.05) is 0 Å². The maximum absolute atomic E-state index is 12.1. The maximum Gasteiger partial charge on any atom is 1.00 e. The molecule has 0 N–H and O–H groups in total. The minimum Gasteiger partial charge on any atom is -0.497 e. The molecule has 0 amide bonds. The summed E-state index contributed by atoms with van der Waals surface area (Å²) >= 11 is 5.64. The third kappa shape index (κ3) is 5.61. The van der Waals surface area contributed by atoms with Crippen molar-refractivity contribution < 1.29 is 69.1 Å². The van der Waals surface area contributed by atoms with Crippen LogP contribution in [0.4, 0.5) is 12.9 Å². The van der Waals surface area contributed by atoms with Crippen molar-refractivity contribution in [2.75, 3.05) is 7.11 Å². The minimum atomic E-state index is -4.84. The molecule has 0 radical (unpaired) electrons. The summed E-state index contributed by atoms with van der Waals surface area (Å²) in [7, 11) is 1.43. The quantitative estimate of drug-likeness (QED) is 0.711. The van der Waals surface area contributed by atoms with Gasteiger partial charge in [-0.25, -0.2) is 0 Å². The van der Waals surface area contributed by atoms with Crippen LogP contribution in [0, 0.1) is 0 Å². The van der Waals surface area contributed by atoms with E-state index in [0.29, 0.717) is 5.75 Å². The molecule has 78 valence electrons. The van der Waals surface area contributed by atoms with Crippen LogP contribution in [0.3, 0.4) is 0 Å². The summed E-state index contributed by atoms with van der Waals surface area (Å²) in [6.45, 7) is -4.84. The number of hydrogen-bond donors (Lipinski definition) is 0. The van der Waals surface area contributed by atoms with Crippen molar-refractivity contribution in [3.63, 3.8) is 0 Å². The fourth-order valence-electron chi connectivity index (χ4n) is 1.07.